The van der Waals surface area contributed by atoms with E-state index in [1.807, 2.05) is 6.21 Å². The first-order valence-electron chi connectivity index (χ1n) is 6.12. The summed E-state index contributed by atoms with van der Waals surface area (Å²) in [5.41, 5.74) is 4.85. The molecule has 1 fully saturated rings. The fraction of sp³-hybridized carbons (Fsp3) is 0.583. The minimum absolute atomic E-state index is 0.0221. The van der Waals surface area contributed by atoms with Crippen LogP contribution in [0.5, 0.6) is 0 Å². The van der Waals surface area contributed by atoms with Crippen molar-refractivity contribution in [2.75, 3.05) is 5.73 Å². The molecule has 1 heterocycles. The Balaban J connectivity index is 2.44. The molecular weight excluding hydrogens is 232 g/mol. The normalized spacial score (nSPS) is 16.8. The van der Waals surface area contributed by atoms with Crippen molar-refractivity contribution in [2.45, 2.75) is 25.7 Å². The Labute approximate surface area is 105 Å². The van der Waals surface area contributed by atoms with Crippen LogP contribution >= 0.6 is 0 Å². The zero-order valence-corrected chi connectivity index (χ0v) is 10.7. The summed E-state index contributed by atoms with van der Waals surface area (Å²) in [6.45, 7) is 0. The van der Waals surface area contributed by atoms with E-state index in [9.17, 15) is 9.59 Å². The van der Waals surface area contributed by atoms with Gasteiger partial charge in [-0.25, -0.2) is 9.79 Å². The molecule has 1 aliphatic rings. The molecule has 0 unspecified atom stereocenters. The van der Waals surface area contributed by atoms with Gasteiger partial charge in [0.1, 0.15) is 5.69 Å². The van der Waals surface area contributed by atoms with Gasteiger partial charge in [-0.3, -0.25) is 13.9 Å². The molecule has 0 atom stereocenters. The summed E-state index contributed by atoms with van der Waals surface area (Å²) >= 11 is 0. The Morgan fingerprint density at radius 2 is 1.83 bits per heavy atom. The number of nitrogens with zero attached hydrogens (tertiary/aromatic N) is 3. The fourth-order valence-electron chi connectivity index (χ4n) is 2.30. The highest BCUT2D eigenvalue weighted by Gasteiger charge is 2.15. The van der Waals surface area contributed by atoms with Crippen LogP contribution in [0.4, 0.5) is 11.5 Å². The molecule has 2 N–H and O–H groups in total. The quantitative estimate of drug-likeness (QED) is 0.778. The van der Waals surface area contributed by atoms with Crippen LogP contribution in [-0.4, -0.2) is 15.3 Å². The second kappa shape index (κ2) is 4.80. The first kappa shape index (κ1) is 12.6. The molecular formula is C12H18N4O2. The topological polar surface area (TPSA) is 82.4 Å². The fourth-order valence-corrected chi connectivity index (χ4v) is 2.30. The number of anilines is 1. The molecule has 98 valence electrons. The third kappa shape index (κ3) is 2.10. The number of aromatic nitrogens is 2. The number of aliphatic imine (C=N–C) groups is 1. The van der Waals surface area contributed by atoms with E-state index in [1.54, 1.807) is 7.05 Å². The molecule has 0 amide bonds. The first-order chi connectivity index (χ1) is 8.52. The van der Waals surface area contributed by atoms with Crippen LogP contribution < -0.4 is 17.0 Å². The van der Waals surface area contributed by atoms with Crippen molar-refractivity contribution in [1.29, 1.82) is 0 Å². The van der Waals surface area contributed by atoms with E-state index in [-0.39, 0.29) is 11.5 Å². The second-order valence-electron chi connectivity index (χ2n) is 4.77. The lowest BCUT2D eigenvalue weighted by Crippen LogP contribution is -2.38. The summed E-state index contributed by atoms with van der Waals surface area (Å²) in [5, 5.41) is 0. The average Bonchev–Trinajstić information content (AvgIpc) is 2.87. The molecule has 6 heteroatoms. The Morgan fingerprint density at radius 3 is 2.44 bits per heavy atom. The van der Waals surface area contributed by atoms with Crippen molar-refractivity contribution in [3.63, 3.8) is 0 Å². The number of nitrogens with two attached hydrogens (primary N) is 1. The smallest absolute Gasteiger partial charge is 0.332 e. The van der Waals surface area contributed by atoms with Gasteiger partial charge in [-0.2, -0.15) is 0 Å². The van der Waals surface area contributed by atoms with Gasteiger partial charge in [0.2, 0.25) is 0 Å². The highest BCUT2D eigenvalue weighted by molar-refractivity contribution is 5.69. The number of hydrogen-bond donors (Lipinski definition) is 1. The molecule has 1 aromatic heterocycles. The number of hydrogen-bond acceptors (Lipinski definition) is 4. The summed E-state index contributed by atoms with van der Waals surface area (Å²) in [6, 6.07) is 0. The van der Waals surface area contributed by atoms with E-state index in [0.717, 1.165) is 17.4 Å². The van der Waals surface area contributed by atoms with Crippen LogP contribution in [0.3, 0.4) is 0 Å². The maximum Gasteiger partial charge on any atom is 0.332 e. The van der Waals surface area contributed by atoms with Crippen molar-refractivity contribution in [3.05, 3.63) is 20.8 Å². The minimum Gasteiger partial charge on any atom is -0.391 e. The Morgan fingerprint density at radius 1 is 1.22 bits per heavy atom. The van der Waals surface area contributed by atoms with Gasteiger partial charge in [-0.15, -0.1) is 0 Å². The van der Waals surface area contributed by atoms with Crippen LogP contribution in [0.25, 0.3) is 0 Å². The predicted molar refractivity (Wildman–Crippen MR) is 71.4 cm³/mol. The maximum absolute atomic E-state index is 11.8. The van der Waals surface area contributed by atoms with E-state index < -0.39 is 11.2 Å². The van der Waals surface area contributed by atoms with Gasteiger partial charge in [-0.05, 0) is 18.8 Å². The third-order valence-electron chi connectivity index (χ3n) is 3.47. The van der Waals surface area contributed by atoms with Crippen LogP contribution in [-0.2, 0) is 14.1 Å². The van der Waals surface area contributed by atoms with Gasteiger partial charge >= 0.3 is 5.69 Å². The van der Waals surface area contributed by atoms with Gasteiger partial charge < -0.3 is 5.73 Å². The highest BCUT2D eigenvalue weighted by Crippen LogP contribution is 2.24. The monoisotopic (exact) mass is 250 g/mol. The van der Waals surface area contributed by atoms with Gasteiger partial charge in [0.15, 0.2) is 5.82 Å². The molecule has 18 heavy (non-hydrogen) atoms. The molecule has 0 saturated heterocycles. The van der Waals surface area contributed by atoms with Gasteiger partial charge in [0.05, 0.1) is 0 Å². The zero-order valence-electron chi connectivity index (χ0n) is 10.7. The molecule has 2 rings (SSSR count). The molecule has 0 aliphatic heterocycles. The standard InChI is InChI=1S/C12H18N4O2/c1-15-10(14-7-8-5-3-4-6-8)9(13)11(17)16(2)12(15)18/h7-8H,3-6,13H2,1-2H3/b14-7+. The zero-order chi connectivity index (χ0) is 13.3. The molecule has 1 aliphatic carbocycles. The summed E-state index contributed by atoms with van der Waals surface area (Å²) in [4.78, 5) is 27.7. The summed E-state index contributed by atoms with van der Waals surface area (Å²) in [6.07, 6.45) is 6.46. The van der Waals surface area contributed by atoms with Gasteiger partial charge in [-0.1, -0.05) is 12.8 Å². The lowest BCUT2D eigenvalue weighted by Gasteiger charge is -2.09. The van der Waals surface area contributed by atoms with Crippen molar-refractivity contribution in [1.82, 2.24) is 9.13 Å². The third-order valence-corrected chi connectivity index (χ3v) is 3.47. The minimum atomic E-state index is -0.489. The average molecular weight is 250 g/mol. The van der Waals surface area contributed by atoms with E-state index in [2.05, 4.69) is 4.99 Å². The van der Waals surface area contributed by atoms with E-state index in [1.165, 1.54) is 24.5 Å². The van der Waals surface area contributed by atoms with Crippen LogP contribution in [0.2, 0.25) is 0 Å². The largest absolute Gasteiger partial charge is 0.391 e. The van der Waals surface area contributed by atoms with Crippen molar-refractivity contribution in [3.8, 4) is 0 Å². The van der Waals surface area contributed by atoms with Gasteiger partial charge in [0.25, 0.3) is 5.56 Å². The molecule has 1 saturated carbocycles. The summed E-state index contributed by atoms with van der Waals surface area (Å²) < 4.78 is 2.30. The van der Waals surface area contributed by atoms with Crippen molar-refractivity contribution < 1.29 is 0 Å². The molecule has 6 nitrogen and oxygen atoms in total. The van der Waals surface area contributed by atoms with E-state index in [4.69, 9.17) is 5.73 Å². The lowest BCUT2D eigenvalue weighted by molar-refractivity contribution is 0.690. The highest BCUT2D eigenvalue weighted by atomic mass is 16.2. The van der Waals surface area contributed by atoms with Crippen molar-refractivity contribution in [2.24, 2.45) is 25.0 Å². The van der Waals surface area contributed by atoms with Crippen LogP contribution in [0.1, 0.15) is 25.7 Å². The predicted octanol–water partition coefficient (Wildman–Crippen LogP) is 0.559. The molecule has 0 radical (unpaired) electrons. The summed E-state index contributed by atoms with van der Waals surface area (Å²) in [7, 11) is 2.98. The SMILES string of the molecule is Cn1c(/N=C/C2CCCC2)c(N)c(=O)n(C)c1=O. The Hall–Kier alpha value is -1.85. The number of nitrogen functional groups attached to an aromatic ring is 1. The van der Waals surface area contributed by atoms with E-state index >= 15 is 0 Å². The molecule has 1 aromatic rings. The van der Waals surface area contributed by atoms with E-state index in [0.29, 0.717) is 5.92 Å². The molecule has 0 spiro atoms. The summed E-state index contributed by atoms with van der Waals surface area (Å²) in [5.74, 6) is 0.693. The molecule has 0 bridgehead atoms. The second-order valence-corrected chi connectivity index (χ2v) is 4.77. The van der Waals surface area contributed by atoms with Crippen LogP contribution in [0, 0.1) is 5.92 Å². The lowest BCUT2D eigenvalue weighted by atomic mass is 10.1. The van der Waals surface area contributed by atoms with Gasteiger partial charge in [0, 0.05) is 20.3 Å². The Bertz CT molecular complexity index is 554. The Kier molecular flexibility index (Phi) is 3.36. The number of rotatable bonds is 2. The first-order valence-corrected chi connectivity index (χ1v) is 6.12. The van der Waals surface area contributed by atoms with Crippen LogP contribution in [0.15, 0.2) is 14.6 Å². The maximum atomic E-state index is 11.8. The van der Waals surface area contributed by atoms with Crippen molar-refractivity contribution >= 4 is 17.7 Å². The molecule has 0 aromatic carbocycles.